The van der Waals surface area contributed by atoms with Crippen LogP contribution in [-0.2, 0) is 23.4 Å². The minimum atomic E-state index is -4.26. The van der Waals surface area contributed by atoms with Crippen LogP contribution in [0.1, 0.15) is 32.1 Å². The van der Waals surface area contributed by atoms with Gasteiger partial charge in [0.05, 0.1) is 25.4 Å². The summed E-state index contributed by atoms with van der Waals surface area (Å²) >= 11 is 8.98. The normalized spacial score (nSPS) is 21.6. The number of benzene rings is 1. The number of carbonyl (C=O) groups is 1. The summed E-state index contributed by atoms with van der Waals surface area (Å²) in [6, 6.07) is 5.96. The number of carbonyl (C=O) groups excluding carboxylic acids is 1. The smallest absolute Gasteiger partial charge is 0.459 e. The van der Waals surface area contributed by atoms with E-state index >= 15 is 0 Å². The molecule has 1 fully saturated rings. The molecule has 3 N–H and O–H groups in total. The number of hydrogen-bond donors (Lipinski definition) is 3. The highest BCUT2D eigenvalue weighted by atomic mass is 79.9. The van der Waals surface area contributed by atoms with Crippen molar-refractivity contribution in [1.82, 2.24) is 14.6 Å². The number of hydrogen-bond acceptors (Lipinski definition) is 9. The third-order valence-electron chi connectivity index (χ3n) is 5.31. The van der Waals surface area contributed by atoms with Gasteiger partial charge in [-0.3, -0.25) is 23.7 Å². The number of aliphatic hydroxyl groups excluding tert-OH is 1. The molecule has 0 amide bonds. The summed E-state index contributed by atoms with van der Waals surface area (Å²) < 4.78 is 36.5. The summed E-state index contributed by atoms with van der Waals surface area (Å²) in [7, 11) is -3.09. The Morgan fingerprint density at radius 2 is 2.05 bits per heavy atom. The average molecular weight is 623 g/mol. The van der Waals surface area contributed by atoms with Crippen LogP contribution >= 0.6 is 35.3 Å². The predicted octanol–water partition coefficient (Wildman–Crippen LogP) is 2.95. The lowest BCUT2D eigenvalue weighted by Crippen LogP contribution is -2.47. The molecule has 12 nitrogen and oxygen atoms in total. The quantitative estimate of drug-likeness (QED) is 0.266. The second kappa shape index (κ2) is 12.1. The van der Waals surface area contributed by atoms with Gasteiger partial charge in [0.25, 0.3) is 5.56 Å². The van der Waals surface area contributed by atoms with Crippen molar-refractivity contribution in [2.75, 3.05) is 13.7 Å². The zero-order chi connectivity index (χ0) is 27.4. The molecule has 15 heteroatoms. The van der Waals surface area contributed by atoms with Gasteiger partial charge in [-0.2, -0.15) is 5.09 Å². The van der Waals surface area contributed by atoms with Gasteiger partial charge in [0, 0.05) is 17.6 Å². The molecule has 1 aromatic heterocycles. The maximum atomic E-state index is 13.7. The fourth-order valence-electron chi connectivity index (χ4n) is 3.47. The Morgan fingerprint density at radius 3 is 2.68 bits per heavy atom. The van der Waals surface area contributed by atoms with E-state index in [1.807, 2.05) is 0 Å². The molecule has 202 valence electrons. The molecule has 2 aromatic rings. The Balaban J connectivity index is 1.80. The van der Waals surface area contributed by atoms with Gasteiger partial charge in [0.15, 0.2) is 0 Å². The summed E-state index contributed by atoms with van der Waals surface area (Å²) in [5, 5.41) is 13.5. The van der Waals surface area contributed by atoms with Crippen LogP contribution in [0.25, 0.3) is 6.08 Å². The molecule has 4 atom stereocenters. The van der Waals surface area contributed by atoms with Crippen molar-refractivity contribution in [2.45, 2.75) is 44.2 Å². The van der Waals surface area contributed by atoms with Gasteiger partial charge in [0.2, 0.25) is 0 Å². The number of esters is 1. The topological polar surface area (TPSA) is 158 Å². The number of aromatic nitrogens is 2. The molecule has 0 spiro atoms. The minimum absolute atomic E-state index is 0.0130. The van der Waals surface area contributed by atoms with Crippen molar-refractivity contribution in [2.24, 2.45) is 0 Å². The van der Waals surface area contributed by atoms with Crippen molar-refractivity contribution < 1.29 is 33.0 Å². The van der Waals surface area contributed by atoms with Crippen LogP contribution in [0.15, 0.2) is 45.0 Å². The monoisotopic (exact) mass is 621 g/mol. The van der Waals surface area contributed by atoms with E-state index in [2.05, 4.69) is 26.0 Å². The van der Waals surface area contributed by atoms with E-state index in [0.717, 1.165) is 4.57 Å². The van der Waals surface area contributed by atoms with Crippen molar-refractivity contribution in [3.8, 4) is 5.75 Å². The van der Waals surface area contributed by atoms with Crippen molar-refractivity contribution in [1.29, 1.82) is 0 Å². The molecule has 0 radical (unpaired) electrons. The highest BCUT2D eigenvalue weighted by Crippen LogP contribution is 2.47. The molecule has 0 saturated carbocycles. The number of nitrogens with zero attached hydrogens (tertiary/aromatic N) is 1. The third-order valence-corrected chi connectivity index (χ3v) is 7.60. The van der Waals surface area contributed by atoms with Crippen LogP contribution in [-0.4, -0.2) is 52.1 Å². The Hall–Kier alpha value is -2.25. The van der Waals surface area contributed by atoms with Crippen LogP contribution in [0, 0.1) is 0 Å². The molecule has 2 unspecified atom stereocenters. The second-order valence-corrected chi connectivity index (χ2v) is 11.2. The highest BCUT2D eigenvalue weighted by Gasteiger charge is 2.43. The van der Waals surface area contributed by atoms with E-state index in [9.17, 15) is 24.1 Å². The molecule has 2 heterocycles. The fraction of sp³-hybridized carbons (Fsp3) is 0.409. The molecular weight excluding hydrogens is 597 g/mol. The van der Waals surface area contributed by atoms with Crippen molar-refractivity contribution >= 4 is 47.3 Å². The van der Waals surface area contributed by atoms with Crippen LogP contribution in [0.3, 0.4) is 0 Å². The first-order valence-electron chi connectivity index (χ1n) is 10.9. The van der Waals surface area contributed by atoms with Gasteiger partial charge in [-0.05, 0) is 49.2 Å². The molecule has 1 aliphatic rings. The number of rotatable bonds is 10. The van der Waals surface area contributed by atoms with E-state index in [-0.39, 0.29) is 17.7 Å². The van der Waals surface area contributed by atoms with E-state index in [1.165, 1.54) is 62.5 Å². The van der Waals surface area contributed by atoms with Crippen molar-refractivity contribution in [3.05, 3.63) is 66.9 Å². The van der Waals surface area contributed by atoms with Gasteiger partial charge in [-0.15, -0.1) is 0 Å². The molecule has 1 aliphatic heterocycles. The molecule has 1 saturated heterocycles. The number of aliphatic hydroxyl groups is 1. The zero-order valence-corrected chi connectivity index (χ0v) is 23.3. The van der Waals surface area contributed by atoms with E-state index in [4.69, 9.17) is 30.1 Å². The van der Waals surface area contributed by atoms with E-state index < -0.39 is 55.5 Å². The van der Waals surface area contributed by atoms with E-state index in [1.54, 1.807) is 0 Å². The first-order valence-corrected chi connectivity index (χ1v) is 13.7. The van der Waals surface area contributed by atoms with Crippen LogP contribution < -0.4 is 20.9 Å². The van der Waals surface area contributed by atoms with Crippen LogP contribution in [0.4, 0.5) is 0 Å². The van der Waals surface area contributed by atoms with Gasteiger partial charge >= 0.3 is 19.4 Å². The molecule has 1 aromatic carbocycles. The summed E-state index contributed by atoms with van der Waals surface area (Å²) in [6.45, 7) is 2.43. The lowest BCUT2D eigenvalue weighted by molar-refractivity contribution is -0.146. The van der Waals surface area contributed by atoms with E-state index in [0.29, 0.717) is 5.02 Å². The number of ether oxygens (including phenoxy) is 2. The van der Waals surface area contributed by atoms with Crippen molar-refractivity contribution in [3.63, 3.8) is 0 Å². The minimum Gasteiger partial charge on any atom is -0.468 e. The Bertz CT molecular complexity index is 1310. The molecule has 0 aliphatic carbocycles. The standard InChI is InChI=1S/C22H26BrClN3O9P/c1-22(2,20(30)33-3)26-37(32,36-15-6-4-14(24)5-7-15)34-12-17-16(28)10-18(35-17)27-11-13(8-9-23)19(29)25-21(27)31/h4-9,11,16-18,28H,10,12H2,1-3H3,(H,26,32)(H,25,29,31)/b9-8+/t16?,17-,18-,37?/m1/s1. The number of methoxy groups -OCH3 is 1. The number of halogens is 2. The second-order valence-electron chi connectivity index (χ2n) is 8.54. The molecule has 0 bridgehead atoms. The van der Waals surface area contributed by atoms with Gasteiger partial charge < -0.3 is 19.1 Å². The maximum absolute atomic E-state index is 13.7. The fourth-order valence-corrected chi connectivity index (χ4v) is 5.56. The number of nitrogens with one attached hydrogen (secondary N) is 2. The highest BCUT2D eigenvalue weighted by molar-refractivity contribution is 9.11. The first kappa shape index (κ1) is 29.3. The van der Waals surface area contributed by atoms with Gasteiger partial charge in [-0.25, -0.2) is 9.36 Å². The van der Waals surface area contributed by atoms with Gasteiger partial charge in [-0.1, -0.05) is 27.5 Å². The molecule has 3 rings (SSSR count). The Morgan fingerprint density at radius 1 is 1.38 bits per heavy atom. The molecule has 37 heavy (non-hydrogen) atoms. The Labute approximate surface area is 225 Å². The lowest BCUT2D eigenvalue weighted by Gasteiger charge is -2.29. The summed E-state index contributed by atoms with van der Waals surface area (Å²) in [5.74, 6) is -0.585. The molecular formula is C22H26BrClN3O9P. The number of H-pyrrole nitrogens is 1. The third kappa shape index (κ3) is 7.41. The summed E-state index contributed by atoms with van der Waals surface area (Å²) in [4.78, 5) is 40.1. The maximum Gasteiger partial charge on any atom is 0.459 e. The average Bonchev–Trinajstić information content (AvgIpc) is 3.20. The Kier molecular flexibility index (Phi) is 9.57. The van der Waals surface area contributed by atoms with Gasteiger partial charge in [0.1, 0.15) is 23.6 Å². The van der Waals surface area contributed by atoms with Crippen LogP contribution in [0.5, 0.6) is 5.75 Å². The summed E-state index contributed by atoms with van der Waals surface area (Å²) in [6.07, 6.45) is -0.345. The SMILES string of the molecule is COC(=O)C(C)(C)NP(=O)(OC[C@H]1O[C@@H](n2cc(/C=C/Br)c(=O)[nH]c2=O)CC1O)Oc1ccc(Cl)cc1. The first-order chi connectivity index (χ1) is 17.4. The summed E-state index contributed by atoms with van der Waals surface area (Å²) in [5.41, 5.74) is -2.61. The number of aromatic amines is 1. The lowest BCUT2D eigenvalue weighted by atomic mass is 10.1. The predicted molar refractivity (Wildman–Crippen MR) is 139 cm³/mol. The van der Waals surface area contributed by atoms with Crippen LogP contribution in [0.2, 0.25) is 5.02 Å². The zero-order valence-electron chi connectivity index (χ0n) is 20.1. The largest absolute Gasteiger partial charge is 0.468 e.